The van der Waals surface area contributed by atoms with Crippen LogP contribution in [0.5, 0.6) is 0 Å². The Labute approximate surface area is 161 Å². The molecule has 6 heteroatoms. The molecule has 3 rings (SSSR count). The average Bonchev–Trinajstić information content (AvgIpc) is 2.67. The number of hydrogen-bond donors (Lipinski definition) is 2. The molecule has 2 N–H and O–H groups in total. The Morgan fingerprint density at radius 2 is 1.92 bits per heavy atom. The number of nitrogens with zero attached hydrogens (tertiary/aromatic N) is 1. The Balaban J connectivity index is 1.68. The Bertz CT molecular complexity index is 890. The summed E-state index contributed by atoms with van der Waals surface area (Å²) in [5.74, 6) is -0.280. The van der Waals surface area contributed by atoms with Crippen LogP contribution in [-0.4, -0.2) is 22.5 Å². The van der Waals surface area contributed by atoms with Gasteiger partial charge in [0.1, 0.15) is 5.03 Å². The average molecular weight is 385 g/mol. The first-order chi connectivity index (χ1) is 12.6. The third kappa shape index (κ3) is 4.85. The van der Waals surface area contributed by atoms with Crippen LogP contribution in [0.4, 0.5) is 0 Å². The number of aliphatic hydroxyl groups excluding tert-OH is 1. The lowest BCUT2D eigenvalue weighted by molar-refractivity contribution is 0.0912. The molecule has 0 saturated carbocycles. The number of nitrogens with one attached hydrogen (secondary N) is 1. The van der Waals surface area contributed by atoms with Gasteiger partial charge in [0.25, 0.3) is 5.91 Å². The van der Waals surface area contributed by atoms with Crippen LogP contribution >= 0.6 is 23.4 Å². The van der Waals surface area contributed by atoms with Crippen molar-refractivity contribution in [1.82, 2.24) is 10.3 Å². The molecule has 0 bridgehead atoms. The Morgan fingerprint density at radius 3 is 2.69 bits per heavy atom. The zero-order valence-electron chi connectivity index (χ0n) is 13.8. The first-order valence-corrected chi connectivity index (χ1v) is 9.22. The molecule has 0 aliphatic heterocycles. The van der Waals surface area contributed by atoms with E-state index < -0.39 is 6.10 Å². The van der Waals surface area contributed by atoms with Gasteiger partial charge in [-0.05, 0) is 42.0 Å². The zero-order chi connectivity index (χ0) is 18.4. The number of pyridine rings is 1. The zero-order valence-corrected chi connectivity index (χ0v) is 15.4. The van der Waals surface area contributed by atoms with E-state index in [0.29, 0.717) is 21.2 Å². The molecule has 3 aromatic rings. The lowest BCUT2D eigenvalue weighted by Gasteiger charge is -2.13. The van der Waals surface area contributed by atoms with Crippen molar-refractivity contribution in [1.29, 1.82) is 0 Å². The van der Waals surface area contributed by atoms with E-state index in [1.165, 1.54) is 11.8 Å². The van der Waals surface area contributed by atoms with Crippen LogP contribution in [0.15, 0.2) is 82.8 Å². The van der Waals surface area contributed by atoms with Gasteiger partial charge in [0, 0.05) is 22.7 Å². The van der Waals surface area contributed by atoms with Gasteiger partial charge in [0.05, 0.1) is 11.7 Å². The number of carbonyl (C=O) groups excluding carboxylic acids is 1. The molecule has 0 aliphatic rings. The van der Waals surface area contributed by atoms with Gasteiger partial charge in [-0.1, -0.05) is 53.7 Å². The third-order valence-corrected chi connectivity index (χ3v) is 4.92. The molecule has 0 unspecified atom stereocenters. The lowest BCUT2D eigenvalue weighted by Crippen LogP contribution is -2.29. The summed E-state index contributed by atoms with van der Waals surface area (Å²) < 4.78 is 0. The standard InChI is InChI=1S/C20H17ClN2O2S/c21-15-7-4-6-14(12-15)18(24)13-23-19(25)17-10-5-11-22-20(17)26-16-8-2-1-3-9-16/h1-12,18,24H,13H2,(H,23,25)/t18-/m1/s1. The molecule has 0 aliphatic carbocycles. The van der Waals surface area contributed by atoms with Crippen LogP contribution in [0.25, 0.3) is 0 Å². The number of carbonyl (C=O) groups is 1. The van der Waals surface area contributed by atoms with Gasteiger partial charge in [0.2, 0.25) is 0 Å². The molecule has 2 aromatic carbocycles. The highest BCUT2D eigenvalue weighted by atomic mass is 35.5. The minimum Gasteiger partial charge on any atom is -0.387 e. The van der Waals surface area contributed by atoms with Crippen molar-refractivity contribution in [2.45, 2.75) is 16.0 Å². The number of benzene rings is 2. The maximum atomic E-state index is 12.6. The molecular formula is C20H17ClN2O2S. The summed E-state index contributed by atoms with van der Waals surface area (Å²) in [6.07, 6.45) is 0.822. The minimum atomic E-state index is -0.834. The largest absolute Gasteiger partial charge is 0.387 e. The van der Waals surface area contributed by atoms with Gasteiger partial charge in [-0.15, -0.1) is 0 Å². The fourth-order valence-corrected chi connectivity index (χ4v) is 3.46. The Hall–Kier alpha value is -2.34. The molecule has 4 nitrogen and oxygen atoms in total. The Kier molecular flexibility index (Phi) is 6.28. The number of halogens is 1. The maximum Gasteiger partial charge on any atom is 0.254 e. The first-order valence-electron chi connectivity index (χ1n) is 8.03. The van der Waals surface area contributed by atoms with Crippen molar-refractivity contribution in [3.05, 3.63) is 89.1 Å². The normalized spacial score (nSPS) is 11.8. The summed E-state index contributed by atoms with van der Waals surface area (Å²) in [5.41, 5.74) is 1.13. The molecule has 26 heavy (non-hydrogen) atoms. The second kappa shape index (κ2) is 8.85. The van der Waals surface area contributed by atoms with Crippen molar-refractivity contribution in [3.8, 4) is 0 Å². The van der Waals surface area contributed by atoms with E-state index in [1.54, 1.807) is 42.6 Å². The minimum absolute atomic E-state index is 0.0868. The lowest BCUT2D eigenvalue weighted by atomic mass is 10.1. The van der Waals surface area contributed by atoms with Gasteiger partial charge in [-0.25, -0.2) is 4.98 Å². The van der Waals surface area contributed by atoms with Crippen LogP contribution in [0.2, 0.25) is 5.02 Å². The summed E-state index contributed by atoms with van der Waals surface area (Å²) in [5, 5.41) is 14.2. The maximum absolute atomic E-state index is 12.6. The molecular weight excluding hydrogens is 368 g/mol. The van der Waals surface area contributed by atoms with E-state index in [1.807, 2.05) is 30.3 Å². The summed E-state index contributed by atoms with van der Waals surface area (Å²) in [7, 11) is 0. The van der Waals surface area contributed by atoms with Gasteiger partial charge in [-0.3, -0.25) is 4.79 Å². The van der Waals surface area contributed by atoms with E-state index in [-0.39, 0.29) is 12.5 Å². The van der Waals surface area contributed by atoms with Gasteiger partial charge in [-0.2, -0.15) is 0 Å². The van der Waals surface area contributed by atoms with E-state index in [9.17, 15) is 9.90 Å². The van der Waals surface area contributed by atoms with Crippen molar-refractivity contribution in [3.63, 3.8) is 0 Å². The summed E-state index contributed by atoms with van der Waals surface area (Å²) in [4.78, 5) is 17.9. The van der Waals surface area contributed by atoms with Crippen LogP contribution in [0.3, 0.4) is 0 Å². The first kappa shape index (κ1) is 18.5. The van der Waals surface area contributed by atoms with E-state index in [4.69, 9.17) is 11.6 Å². The van der Waals surface area contributed by atoms with Crippen LogP contribution in [0.1, 0.15) is 22.0 Å². The fourth-order valence-electron chi connectivity index (χ4n) is 2.36. The Morgan fingerprint density at radius 1 is 1.12 bits per heavy atom. The highest BCUT2D eigenvalue weighted by molar-refractivity contribution is 7.99. The third-order valence-electron chi connectivity index (χ3n) is 3.66. The monoisotopic (exact) mass is 384 g/mol. The van der Waals surface area contributed by atoms with E-state index in [0.717, 1.165) is 4.90 Å². The predicted molar refractivity (Wildman–Crippen MR) is 104 cm³/mol. The quantitative estimate of drug-likeness (QED) is 0.663. The second-order valence-electron chi connectivity index (χ2n) is 5.55. The number of aromatic nitrogens is 1. The summed E-state index contributed by atoms with van der Waals surface area (Å²) >= 11 is 7.36. The predicted octanol–water partition coefficient (Wildman–Crippen LogP) is 4.35. The highest BCUT2D eigenvalue weighted by Crippen LogP contribution is 2.28. The van der Waals surface area contributed by atoms with Gasteiger partial charge < -0.3 is 10.4 Å². The second-order valence-corrected chi connectivity index (χ2v) is 7.05. The molecule has 1 heterocycles. The topological polar surface area (TPSA) is 62.2 Å². The van der Waals surface area contributed by atoms with Gasteiger partial charge >= 0.3 is 0 Å². The summed E-state index contributed by atoms with van der Waals surface area (Å²) in [6.45, 7) is 0.0868. The van der Waals surface area contributed by atoms with Crippen LogP contribution in [-0.2, 0) is 0 Å². The molecule has 0 spiro atoms. The number of rotatable bonds is 6. The van der Waals surface area contributed by atoms with E-state index in [2.05, 4.69) is 10.3 Å². The number of amides is 1. The molecule has 0 fully saturated rings. The molecule has 132 valence electrons. The van der Waals surface area contributed by atoms with Crippen molar-refractivity contribution in [2.75, 3.05) is 6.54 Å². The van der Waals surface area contributed by atoms with Gasteiger partial charge in [0.15, 0.2) is 0 Å². The molecule has 0 saturated heterocycles. The smallest absolute Gasteiger partial charge is 0.254 e. The molecule has 1 aromatic heterocycles. The number of hydrogen-bond acceptors (Lipinski definition) is 4. The van der Waals surface area contributed by atoms with Crippen molar-refractivity contribution in [2.24, 2.45) is 0 Å². The van der Waals surface area contributed by atoms with Crippen molar-refractivity contribution >= 4 is 29.3 Å². The molecule has 0 radical (unpaired) electrons. The molecule has 1 atom stereocenters. The molecule has 1 amide bonds. The highest BCUT2D eigenvalue weighted by Gasteiger charge is 2.15. The van der Waals surface area contributed by atoms with Crippen molar-refractivity contribution < 1.29 is 9.90 Å². The SMILES string of the molecule is O=C(NC[C@@H](O)c1cccc(Cl)c1)c1cccnc1Sc1ccccc1. The summed E-state index contributed by atoms with van der Waals surface area (Å²) in [6, 6.07) is 20.1. The number of aliphatic hydroxyl groups is 1. The van der Waals surface area contributed by atoms with Crippen LogP contribution in [0, 0.1) is 0 Å². The fraction of sp³-hybridized carbons (Fsp3) is 0.100. The van der Waals surface area contributed by atoms with E-state index >= 15 is 0 Å². The van der Waals surface area contributed by atoms with Crippen LogP contribution < -0.4 is 5.32 Å².